The van der Waals surface area contributed by atoms with Crippen LogP contribution in [0.25, 0.3) is 0 Å². The second-order valence-corrected chi connectivity index (χ2v) is 3.61. The number of hydrogen-bond acceptors (Lipinski definition) is 4. The fourth-order valence-electron chi connectivity index (χ4n) is 1.61. The lowest BCUT2D eigenvalue weighted by atomic mass is 10.2. The molecular formula is C9H16N2O4. The number of aliphatic hydroxyl groups excluding tert-OH is 1. The second-order valence-electron chi connectivity index (χ2n) is 3.61. The summed E-state index contributed by atoms with van der Waals surface area (Å²) in [5.74, 6) is -0.385. The molecule has 1 rings (SSSR count). The number of hydrogen-bond donors (Lipinski definition) is 2. The van der Waals surface area contributed by atoms with Gasteiger partial charge in [-0.2, -0.15) is 0 Å². The Labute approximate surface area is 88.2 Å². The standard InChI is InChI=1S/C9H16N2O4/c1-6(12)10-7-3-11(4-8(7)13)9(14)5-15-2/h7-8,13H,3-5H2,1-2H3,(H,10,12)/t7-,8-/m1/s1. The van der Waals surface area contributed by atoms with Gasteiger partial charge in [0, 0.05) is 27.1 Å². The first-order valence-corrected chi connectivity index (χ1v) is 4.76. The smallest absolute Gasteiger partial charge is 0.248 e. The van der Waals surface area contributed by atoms with Crippen LogP contribution < -0.4 is 5.32 Å². The van der Waals surface area contributed by atoms with Crippen LogP contribution in [0.4, 0.5) is 0 Å². The molecule has 2 atom stereocenters. The SMILES string of the molecule is COCC(=O)N1C[C@@H](O)[C@H](NC(C)=O)C1. The molecule has 0 aromatic heterocycles. The third-order valence-electron chi connectivity index (χ3n) is 2.30. The molecule has 0 bridgehead atoms. The first-order valence-electron chi connectivity index (χ1n) is 4.76. The summed E-state index contributed by atoms with van der Waals surface area (Å²) >= 11 is 0. The zero-order valence-electron chi connectivity index (χ0n) is 8.90. The second kappa shape index (κ2) is 5.09. The maximum atomic E-state index is 11.4. The molecular weight excluding hydrogens is 200 g/mol. The van der Waals surface area contributed by atoms with Gasteiger partial charge in [-0.3, -0.25) is 9.59 Å². The van der Waals surface area contributed by atoms with Gasteiger partial charge in [0.25, 0.3) is 0 Å². The van der Waals surface area contributed by atoms with Crippen molar-refractivity contribution < 1.29 is 19.4 Å². The van der Waals surface area contributed by atoms with Gasteiger partial charge in [0.1, 0.15) is 6.61 Å². The summed E-state index contributed by atoms with van der Waals surface area (Å²) in [5, 5.41) is 12.2. The Hall–Kier alpha value is -1.14. The highest BCUT2D eigenvalue weighted by atomic mass is 16.5. The van der Waals surface area contributed by atoms with Crippen molar-refractivity contribution >= 4 is 11.8 Å². The highest BCUT2D eigenvalue weighted by Gasteiger charge is 2.34. The number of rotatable bonds is 3. The minimum atomic E-state index is -0.699. The van der Waals surface area contributed by atoms with Crippen LogP contribution in [0.3, 0.4) is 0 Å². The Morgan fingerprint density at radius 2 is 2.20 bits per heavy atom. The lowest BCUT2D eigenvalue weighted by molar-refractivity contribution is -0.134. The molecule has 1 heterocycles. The van der Waals surface area contributed by atoms with Crippen molar-refractivity contribution in [2.75, 3.05) is 26.8 Å². The number of carbonyl (C=O) groups is 2. The molecule has 1 saturated heterocycles. The minimum absolute atomic E-state index is 0.000485. The summed E-state index contributed by atoms with van der Waals surface area (Å²) in [7, 11) is 1.44. The zero-order chi connectivity index (χ0) is 11.4. The molecule has 1 fully saturated rings. The fraction of sp³-hybridized carbons (Fsp3) is 0.778. The number of aliphatic hydroxyl groups is 1. The molecule has 0 radical (unpaired) electrons. The number of β-amino-alcohol motifs (C(OH)–C–C–N with tert-alkyl or cyclic N) is 1. The highest BCUT2D eigenvalue weighted by Crippen LogP contribution is 2.10. The number of carbonyl (C=O) groups excluding carboxylic acids is 2. The Morgan fingerprint density at radius 3 is 2.73 bits per heavy atom. The third kappa shape index (κ3) is 3.17. The van der Waals surface area contributed by atoms with Crippen molar-refractivity contribution in [1.29, 1.82) is 0 Å². The van der Waals surface area contributed by atoms with Gasteiger partial charge in [-0.1, -0.05) is 0 Å². The van der Waals surface area contributed by atoms with E-state index in [0.717, 1.165) is 0 Å². The molecule has 1 aliphatic rings. The molecule has 2 N–H and O–H groups in total. The van der Waals surface area contributed by atoms with Crippen molar-refractivity contribution in [2.24, 2.45) is 0 Å². The molecule has 6 heteroatoms. The van der Waals surface area contributed by atoms with Crippen LogP contribution in [0, 0.1) is 0 Å². The Kier molecular flexibility index (Phi) is 4.05. The van der Waals surface area contributed by atoms with Crippen LogP contribution in [0.5, 0.6) is 0 Å². The molecule has 0 saturated carbocycles. The van der Waals surface area contributed by atoms with E-state index in [2.05, 4.69) is 5.32 Å². The zero-order valence-corrected chi connectivity index (χ0v) is 8.90. The molecule has 2 amide bonds. The van der Waals surface area contributed by atoms with Crippen LogP contribution in [0.2, 0.25) is 0 Å². The number of ether oxygens (including phenoxy) is 1. The third-order valence-corrected chi connectivity index (χ3v) is 2.30. The maximum Gasteiger partial charge on any atom is 0.248 e. The van der Waals surface area contributed by atoms with Crippen LogP contribution in [-0.4, -0.2) is 60.8 Å². The van der Waals surface area contributed by atoms with Crippen molar-refractivity contribution in [3.05, 3.63) is 0 Å². The minimum Gasteiger partial charge on any atom is -0.389 e. The summed E-state index contributed by atoms with van der Waals surface area (Å²) in [6, 6.07) is -0.372. The Balaban J connectivity index is 2.47. The van der Waals surface area contributed by atoms with Crippen molar-refractivity contribution in [3.8, 4) is 0 Å². The topological polar surface area (TPSA) is 78.9 Å². The molecule has 0 aliphatic carbocycles. The summed E-state index contributed by atoms with van der Waals surface area (Å²) in [4.78, 5) is 23.7. The van der Waals surface area contributed by atoms with E-state index >= 15 is 0 Å². The molecule has 0 spiro atoms. The van der Waals surface area contributed by atoms with Gasteiger partial charge < -0.3 is 20.1 Å². The van der Waals surface area contributed by atoms with E-state index < -0.39 is 6.10 Å². The monoisotopic (exact) mass is 216 g/mol. The van der Waals surface area contributed by atoms with E-state index in [1.165, 1.54) is 18.9 Å². The normalized spacial score (nSPS) is 25.4. The summed E-state index contributed by atoms with van der Waals surface area (Å²) < 4.78 is 4.71. The predicted octanol–water partition coefficient (Wildman–Crippen LogP) is -1.66. The summed E-state index contributed by atoms with van der Waals surface area (Å²) in [6.45, 7) is 1.96. The number of likely N-dealkylation sites (tertiary alicyclic amines) is 1. The fourth-order valence-corrected chi connectivity index (χ4v) is 1.61. The first kappa shape index (κ1) is 11.9. The van der Waals surface area contributed by atoms with Gasteiger partial charge in [0.15, 0.2) is 0 Å². The van der Waals surface area contributed by atoms with Crippen molar-refractivity contribution in [2.45, 2.75) is 19.1 Å². The van der Waals surface area contributed by atoms with E-state index in [1.54, 1.807) is 0 Å². The van der Waals surface area contributed by atoms with Crippen LogP contribution in [0.15, 0.2) is 0 Å². The van der Waals surface area contributed by atoms with E-state index in [0.29, 0.717) is 6.54 Å². The van der Waals surface area contributed by atoms with Crippen molar-refractivity contribution in [1.82, 2.24) is 10.2 Å². The average Bonchev–Trinajstić information content (AvgIpc) is 2.47. The highest BCUT2D eigenvalue weighted by molar-refractivity contribution is 5.78. The quantitative estimate of drug-likeness (QED) is 0.592. The number of nitrogens with one attached hydrogen (secondary N) is 1. The molecule has 15 heavy (non-hydrogen) atoms. The Morgan fingerprint density at radius 1 is 1.53 bits per heavy atom. The van der Waals surface area contributed by atoms with Crippen LogP contribution in [-0.2, 0) is 14.3 Å². The largest absolute Gasteiger partial charge is 0.389 e. The summed E-state index contributed by atoms with van der Waals surface area (Å²) in [5.41, 5.74) is 0. The van der Waals surface area contributed by atoms with Gasteiger partial charge in [-0.25, -0.2) is 0 Å². The predicted molar refractivity (Wildman–Crippen MR) is 52.1 cm³/mol. The lowest BCUT2D eigenvalue weighted by Crippen LogP contribution is -2.42. The molecule has 1 aliphatic heterocycles. The van der Waals surface area contributed by atoms with Crippen LogP contribution >= 0.6 is 0 Å². The van der Waals surface area contributed by atoms with E-state index in [4.69, 9.17) is 4.74 Å². The van der Waals surface area contributed by atoms with Crippen molar-refractivity contribution in [3.63, 3.8) is 0 Å². The maximum absolute atomic E-state index is 11.4. The van der Waals surface area contributed by atoms with Gasteiger partial charge in [0.2, 0.25) is 11.8 Å². The molecule has 0 aromatic rings. The Bertz CT molecular complexity index is 256. The van der Waals surface area contributed by atoms with Gasteiger partial charge in [-0.05, 0) is 0 Å². The van der Waals surface area contributed by atoms with E-state index in [-0.39, 0.29) is 31.0 Å². The average molecular weight is 216 g/mol. The van der Waals surface area contributed by atoms with Gasteiger partial charge in [-0.15, -0.1) is 0 Å². The molecule has 0 aromatic carbocycles. The van der Waals surface area contributed by atoms with Gasteiger partial charge in [0.05, 0.1) is 12.1 Å². The number of amides is 2. The lowest BCUT2D eigenvalue weighted by Gasteiger charge is -2.15. The van der Waals surface area contributed by atoms with E-state index in [9.17, 15) is 14.7 Å². The number of methoxy groups -OCH3 is 1. The van der Waals surface area contributed by atoms with Crippen LogP contribution in [0.1, 0.15) is 6.92 Å². The first-order chi connectivity index (χ1) is 7.04. The van der Waals surface area contributed by atoms with E-state index in [1.807, 2.05) is 0 Å². The summed E-state index contributed by atoms with van der Waals surface area (Å²) in [6.07, 6.45) is -0.699. The molecule has 86 valence electrons. The molecule has 0 unspecified atom stereocenters. The van der Waals surface area contributed by atoms with Gasteiger partial charge >= 0.3 is 0 Å². The molecule has 6 nitrogen and oxygen atoms in total. The number of nitrogens with zero attached hydrogens (tertiary/aromatic N) is 1.